The maximum atomic E-state index is 13.0. The lowest BCUT2D eigenvalue weighted by Gasteiger charge is -2.44. The van der Waals surface area contributed by atoms with E-state index in [-0.39, 0.29) is 5.41 Å². The molecule has 0 saturated heterocycles. The van der Waals surface area contributed by atoms with Gasteiger partial charge in [0.05, 0.1) is 0 Å². The van der Waals surface area contributed by atoms with Gasteiger partial charge in [-0.25, -0.2) is 4.39 Å². The molecule has 1 saturated carbocycles. The van der Waals surface area contributed by atoms with Crippen LogP contribution in [0.25, 0.3) is 0 Å². The van der Waals surface area contributed by atoms with E-state index in [1.807, 2.05) is 6.07 Å². The highest BCUT2D eigenvalue weighted by Crippen LogP contribution is 2.46. The monoisotopic (exact) mass is 271 g/mol. The predicted octanol–water partition coefficient (Wildman–Crippen LogP) is 3.09. The van der Waals surface area contributed by atoms with Crippen LogP contribution in [0.5, 0.6) is 0 Å². The smallest absolute Gasteiger partial charge is 0.102 e. The van der Waals surface area contributed by atoms with Gasteiger partial charge in [-0.2, -0.15) is 0 Å². The summed E-state index contributed by atoms with van der Waals surface area (Å²) < 4.78 is 14.1. The first-order valence-electron chi connectivity index (χ1n) is 5.18. The second-order valence-electron chi connectivity index (χ2n) is 4.45. The van der Waals surface area contributed by atoms with Gasteiger partial charge in [-0.15, -0.1) is 0 Å². The molecule has 1 aliphatic rings. The molecule has 15 heavy (non-hydrogen) atoms. The van der Waals surface area contributed by atoms with Crippen molar-refractivity contribution in [1.82, 2.24) is 0 Å². The zero-order valence-corrected chi connectivity index (χ0v) is 10.3. The Morgan fingerprint density at radius 2 is 2.20 bits per heavy atom. The fourth-order valence-corrected chi connectivity index (χ4v) is 2.81. The van der Waals surface area contributed by atoms with Gasteiger partial charge in [0, 0.05) is 16.4 Å². The molecule has 0 bridgehead atoms. The summed E-state index contributed by atoms with van der Waals surface area (Å²) in [6.07, 6.45) is 0.466. The summed E-state index contributed by atoms with van der Waals surface area (Å²) in [5.74, 6) is 0. The Morgan fingerprint density at radius 1 is 1.53 bits per heavy atom. The van der Waals surface area contributed by atoms with E-state index in [0.29, 0.717) is 19.4 Å². The zero-order chi connectivity index (χ0) is 11.1. The van der Waals surface area contributed by atoms with Gasteiger partial charge in [0.15, 0.2) is 0 Å². The van der Waals surface area contributed by atoms with Crippen LogP contribution in [0.15, 0.2) is 22.7 Å². The second-order valence-corrected chi connectivity index (χ2v) is 5.36. The van der Waals surface area contributed by atoms with Crippen molar-refractivity contribution < 1.29 is 4.39 Å². The molecule has 0 heterocycles. The topological polar surface area (TPSA) is 26.0 Å². The van der Waals surface area contributed by atoms with Gasteiger partial charge in [-0.05, 0) is 43.0 Å². The Kier molecular flexibility index (Phi) is 2.86. The molecule has 0 radical (unpaired) electrons. The fraction of sp³-hybridized carbons (Fsp3) is 0.500. The van der Waals surface area contributed by atoms with Crippen molar-refractivity contribution in [3.63, 3.8) is 0 Å². The maximum Gasteiger partial charge on any atom is 0.102 e. The Hall–Kier alpha value is -0.410. The SMILES string of the molecule is Cc1ccc(Br)cc1C1(CN)CC(F)C1. The van der Waals surface area contributed by atoms with Crippen LogP contribution in [0.4, 0.5) is 4.39 Å². The van der Waals surface area contributed by atoms with Crippen LogP contribution in [-0.2, 0) is 5.41 Å². The number of hydrogen-bond donors (Lipinski definition) is 1. The molecular formula is C12H15BrFN. The minimum absolute atomic E-state index is 0.118. The first-order valence-corrected chi connectivity index (χ1v) is 5.97. The van der Waals surface area contributed by atoms with E-state index in [2.05, 4.69) is 35.0 Å². The van der Waals surface area contributed by atoms with E-state index >= 15 is 0 Å². The number of aryl methyl sites for hydroxylation is 1. The van der Waals surface area contributed by atoms with Crippen molar-refractivity contribution in [2.24, 2.45) is 5.73 Å². The largest absolute Gasteiger partial charge is 0.330 e. The summed E-state index contributed by atoms with van der Waals surface area (Å²) in [6, 6.07) is 6.14. The molecule has 2 N–H and O–H groups in total. The van der Waals surface area contributed by atoms with Crippen molar-refractivity contribution in [2.75, 3.05) is 6.54 Å². The molecule has 0 aromatic heterocycles. The van der Waals surface area contributed by atoms with Gasteiger partial charge in [0.25, 0.3) is 0 Å². The third-order valence-corrected chi connectivity index (χ3v) is 3.88. The van der Waals surface area contributed by atoms with Crippen LogP contribution in [0, 0.1) is 6.92 Å². The molecule has 1 aromatic carbocycles. The molecule has 0 unspecified atom stereocenters. The summed E-state index contributed by atoms with van der Waals surface area (Å²) in [5, 5.41) is 0. The van der Waals surface area contributed by atoms with Crippen LogP contribution in [0.3, 0.4) is 0 Å². The number of alkyl halides is 1. The first kappa shape index (κ1) is 11.1. The van der Waals surface area contributed by atoms with Crippen LogP contribution < -0.4 is 5.73 Å². The van der Waals surface area contributed by atoms with E-state index in [0.717, 1.165) is 4.47 Å². The highest BCUT2D eigenvalue weighted by Gasteiger charge is 2.45. The highest BCUT2D eigenvalue weighted by atomic mass is 79.9. The van der Waals surface area contributed by atoms with Crippen molar-refractivity contribution in [1.29, 1.82) is 0 Å². The highest BCUT2D eigenvalue weighted by molar-refractivity contribution is 9.10. The number of rotatable bonds is 2. The average molecular weight is 272 g/mol. The van der Waals surface area contributed by atoms with Crippen LogP contribution in [-0.4, -0.2) is 12.7 Å². The number of nitrogens with two attached hydrogens (primary N) is 1. The van der Waals surface area contributed by atoms with Crippen molar-refractivity contribution in [2.45, 2.75) is 31.4 Å². The van der Waals surface area contributed by atoms with E-state index < -0.39 is 6.17 Å². The first-order chi connectivity index (χ1) is 7.07. The molecular weight excluding hydrogens is 257 g/mol. The van der Waals surface area contributed by atoms with Crippen molar-refractivity contribution >= 4 is 15.9 Å². The quantitative estimate of drug-likeness (QED) is 0.879. The summed E-state index contributed by atoms with van der Waals surface area (Å²) in [5.41, 5.74) is 8.09. The minimum atomic E-state index is -0.674. The van der Waals surface area contributed by atoms with Crippen LogP contribution in [0.2, 0.25) is 0 Å². The van der Waals surface area contributed by atoms with Gasteiger partial charge in [-0.1, -0.05) is 22.0 Å². The fourth-order valence-electron chi connectivity index (χ4n) is 2.45. The Morgan fingerprint density at radius 3 is 2.73 bits per heavy atom. The number of benzene rings is 1. The molecule has 1 aliphatic carbocycles. The summed E-state index contributed by atoms with van der Waals surface area (Å²) in [7, 11) is 0. The summed E-state index contributed by atoms with van der Waals surface area (Å²) in [6.45, 7) is 2.59. The maximum absolute atomic E-state index is 13.0. The van der Waals surface area contributed by atoms with Crippen LogP contribution >= 0.6 is 15.9 Å². The van der Waals surface area contributed by atoms with Crippen molar-refractivity contribution in [3.8, 4) is 0 Å². The van der Waals surface area contributed by atoms with Gasteiger partial charge >= 0.3 is 0 Å². The molecule has 3 heteroatoms. The molecule has 2 rings (SSSR count). The van der Waals surface area contributed by atoms with E-state index in [9.17, 15) is 4.39 Å². The molecule has 0 spiro atoms. The molecule has 1 fully saturated rings. The minimum Gasteiger partial charge on any atom is -0.330 e. The van der Waals surface area contributed by atoms with Crippen LogP contribution in [0.1, 0.15) is 24.0 Å². The Bertz CT molecular complexity index is 372. The second kappa shape index (κ2) is 3.87. The third-order valence-electron chi connectivity index (χ3n) is 3.39. The third kappa shape index (κ3) is 1.83. The molecule has 0 atom stereocenters. The lowest BCUT2D eigenvalue weighted by Crippen LogP contribution is -2.48. The summed E-state index contributed by atoms with van der Waals surface area (Å²) in [4.78, 5) is 0. The van der Waals surface area contributed by atoms with Gasteiger partial charge in [0.2, 0.25) is 0 Å². The number of halogens is 2. The normalized spacial score (nSPS) is 30.0. The Labute approximate surface area is 98.0 Å². The van der Waals surface area contributed by atoms with Crippen molar-refractivity contribution in [3.05, 3.63) is 33.8 Å². The molecule has 0 aliphatic heterocycles. The molecule has 82 valence electrons. The molecule has 1 aromatic rings. The predicted molar refractivity (Wildman–Crippen MR) is 63.7 cm³/mol. The molecule has 1 nitrogen and oxygen atoms in total. The van der Waals surface area contributed by atoms with Gasteiger partial charge in [-0.3, -0.25) is 0 Å². The zero-order valence-electron chi connectivity index (χ0n) is 8.76. The average Bonchev–Trinajstić information content (AvgIpc) is 2.17. The standard InChI is InChI=1S/C12H15BrFN/c1-8-2-3-9(13)4-11(8)12(7-15)5-10(14)6-12/h2-4,10H,5-7,15H2,1H3. The Balaban J connectivity index is 2.39. The van der Waals surface area contributed by atoms with Gasteiger partial charge in [0.1, 0.15) is 6.17 Å². The summed E-state index contributed by atoms with van der Waals surface area (Å²) >= 11 is 3.45. The lowest BCUT2D eigenvalue weighted by molar-refractivity contribution is 0.0992. The number of hydrogen-bond acceptors (Lipinski definition) is 1. The van der Waals surface area contributed by atoms with E-state index in [1.165, 1.54) is 11.1 Å². The van der Waals surface area contributed by atoms with E-state index in [4.69, 9.17) is 5.73 Å². The van der Waals surface area contributed by atoms with E-state index in [1.54, 1.807) is 0 Å². The molecule has 0 amide bonds. The van der Waals surface area contributed by atoms with Gasteiger partial charge < -0.3 is 5.73 Å². The lowest BCUT2D eigenvalue weighted by atomic mass is 9.62.